The van der Waals surface area contributed by atoms with Crippen molar-refractivity contribution in [2.75, 3.05) is 18.5 Å². The van der Waals surface area contributed by atoms with E-state index in [1.54, 1.807) is 18.9 Å². The molecule has 0 N–H and O–H groups in total. The van der Waals surface area contributed by atoms with Crippen molar-refractivity contribution in [2.24, 2.45) is 0 Å². The molecule has 1 fully saturated rings. The number of benzene rings is 1. The van der Waals surface area contributed by atoms with E-state index in [1.807, 2.05) is 29.2 Å². The van der Waals surface area contributed by atoms with Gasteiger partial charge in [-0.3, -0.25) is 19.0 Å². The summed E-state index contributed by atoms with van der Waals surface area (Å²) in [7, 11) is 1.74. The maximum atomic E-state index is 13.3. The van der Waals surface area contributed by atoms with Crippen LogP contribution in [0.1, 0.15) is 66.8 Å². The highest BCUT2D eigenvalue weighted by atomic mass is 32.1. The van der Waals surface area contributed by atoms with Crippen molar-refractivity contribution in [2.45, 2.75) is 65.5 Å². The first-order valence-electron chi connectivity index (χ1n) is 11.8. The number of rotatable bonds is 5. The largest absolute Gasteiger partial charge is 0.338 e. The van der Waals surface area contributed by atoms with Gasteiger partial charge in [0, 0.05) is 25.3 Å². The molecule has 3 heterocycles. The summed E-state index contributed by atoms with van der Waals surface area (Å²) in [5.74, 6) is 0.171. The summed E-state index contributed by atoms with van der Waals surface area (Å²) in [6.07, 6.45) is 4.53. The van der Waals surface area contributed by atoms with Crippen molar-refractivity contribution in [3.05, 3.63) is 57.0 Å². The molecular weight excluding hydrogens is 448 g/mol. The van der Waals surface area contributed by atoms with Crippen LogP contribution in [-0.4, -0.2) is 45.9 Å². The lowest BCUT2D eigenvalue weighted by atomic mass is 10.0. The smallest absolute Gasteiger partial charge is 0.268 e. The highest BCUT2D eigenvalue weighted by molar-refractivity contribution is 7.20. The van der Waals surface area contributed by atoms with Gasteiger partial charge in [0.25, 0.3) is 11.5 Å². The molecule has 1 aliphatic rings. The number of thiophene rings is 1. The number of amides is 2. The maximum absolute atomic E-state index is 13.3. The average Bonchev–Trinajstić information content (AvgIpc) is 3.17. The van der Waals surface area contributed by atoms with Crippen molar-refractivity contribution in [1.29, 1.82) is 0 Å². The van der Waals surface area contributed by atoms with Gasteiger partial charge in [0.15, 0.2) is 0 Å². The Morgan fingerprint density at radius 2 is 1.91 bits per heavy atom. The van der Waals surface area contributed by atoms with Gasteiger partial charge in [0.1, 0.15) is 11.4 Å². The van der Waals surface area contributed by atoms with Crippen LogP contribution >= 0.6 is 11.3 Å². The molecule has 0 radical (unpaired) electrons. The zero-order valence-electron chi connectivity index (χ0n) is 20.5. The number of hydrogen-bond acceptors (Lipinski definition) is 5. The Balaban J connectivity index is 1.61. The maximum Gasteiger partial charge on any atom is 0.268 e. The van der Waals surface area contributed by atoms with Crippen LogP contribution in [0.3, 0.4) is 0 Å². The number of likely N-dealkylation sites (tertiary alicyclic amines) is 1. The number of hydrogen-bond donors (Lipinski definition) is 0. The van der Waals surface area contributed by atoms with Crippen molar-refractivity contribution in [3.63, 3.8) is 0 Å². The van der Waals surface area contributed by atoms with Crippen LogP contribution in [0.4, 0.5) is 5.69 Å². The topological polar surface area (TPSA) is 75.5 Å². The molecule has 1 unspecified atom stereocenters. The standard InChI is InChI=1S/C26H32N4O3S/c1-16(2)19-9-11-20(12-10-19)28(5)26(33)23-18(4)22-24(34-23)27-15-29(25(22)32)14-21(31)30-13-7-6-8-17(30)3/h9-12,15-17H,6-8,13-14H2,1-5H3. The normalized spacial score (nSPS) is 16.3. The predicted octanol–water partition coefficient (Wildman–Crippen LogP) is 4.57. The van der Waals surface area contributed by atoms with E-state index in [0.717, 1.165) is 31.5 Å². The number of anilines is 1. The molecule has 1 aromatic carbocycles. The molecule has 0 spiro atoms. The monoisotopic (exact) mass is 480 g/mol. The first-order chi connectivity index (χ1) is 16.2. The molecule has 0 saturated carbocycles. The first kappa shape index (κ1) is 24.1. The zero-order valence-corrected chi connectivity index (χ0v) is 21.3. The third kappa shape index (κ3) is 4.51. The molecule has 3 aromatic rings. The van der Waals surface area contributed by atoms with E-state index in [0.29, 0.717) is 26.6 Å². The van der Waals surface area contributed by atoms with Crippen LogP contribution in [0.2, 0.25) is 0 Å². The highest BCUT2D eigenvalue weighted by Crippen LogP contribution is 2.29. The quantitative estimate of drug-likeness (QED) is 0.536. The van der Waals surface area contributed by atoms with E-state index < -0.39 is 0 Å². The number of carbonyl (C=O) groups excluding carboxylic acids is 2. The van der Waals surface area contributed by atoms with Crippen molar-refractivity contribution >= 4 is 39.1 Å². The van der Waals surface area contributed by atoms with Gasteiger partial charge in [-0.25, -0.2) is 4.98 Å². The van der Waals surface area contributed by atoms with Gasteiger partial charge in [-0.05, 0) is 62.3 Å². The van der Waals surface area contributed by atoms with Crippen molar-refractivity contribution < 1.29 is 9.59 Å². The molecule has 180 valence electrons. The summed E-state index contributed by atoms with van der Waals surface area (Å²) in [5, 5.41) is 0.416. The fraction of sp³-hybridized carbons (Fsp3) is 0.462. The van der Waals surface area contributed by atoms with E-state index in [-0.39, 0.29) is 30.0 Å². The van der Waals surface area contributed by atoms with E-state index in [2.05, 4.69) is 25.8 Å². The lowest BCUT2D eigenvalue weighted by molar-refractivity contribution is -0.135. The molecular formula is C26H32N4O3S. The Bertz CT molecular complexity index is 1280. The molecule has 2 aromatic heterocycles. The fourth-order valence-electron chi connectivity index (χ4n) is 4.53. The van der Waals surface area contributed by atoms with Crippen LogP contribution in [0.15, 0.2) is 35.4 Å². The highest BCUT2D eigenvalue weighted by Gasteiger charge is 2.26. The number of carbonyl (C=O) groups is 2. The molecule has 7 nitrogen and oxygen atoms in total. The Morgan fingerprint density at radius 3 is 2.56 bits per heavy atom. The van der Waals surface area contributed by atoms with Gasteiger partial charge >= 0.3 is 0 Å². The molecule has 1 saturated heterocycles. The molecule has 2 amide bonds. The fourth-order valence-corrected chi connectivity index (χ4v) is 5.65. The van der Waals surface area contributed by atoms with Gasteiger partial charge < -0.3 is 9.80 Å². The van der Waals surface area contributed by atoms with Crippen LogP contribution < -0.4 is 10.5 Å². The molecule has 0 bridgehead atoms. The summed E-state index contributed by atoms with van der Waals surface area (Å²) in [6, 6.07) is 8.12. The van der Waals surface area contributed by atoms with Crippen LogP contribution in [-0.2, 0) is 11.3 Å². The van der Waals surface area contributed by atoms with E-state index in [1.165, 1.54) is 27.8 Å². The van der Waals surface area contributed by atoms with Crippen LogP contribution in [0.25, 0.3) is 10.2 Å². The zero-order chi connectivity index (χ0) is 24.6. The van der Waals surface area contributed by atoms with Crippen molar-refractivity contribution in [3.8, 4) is 0 Å². The molecule has 1 aliphatic heterocycles. The Morgan fingerprint density at radius 1 is 1.21 bits per heavy atom. The number of nitrogens with zero attached hydrogens (tertiary/aromatic N) is 4. The number of aromatic nitrogens is 2. The second kappa shape index (κ2) is 9.70. The number of aryl methyl sites for hydroxylation is 1. The lowest BCUT2D eigenvalue weighted by Gasteiger charge is -2.33. The lowest BCUT2D eigenvalue weighted by Crippen LogP contribution is -2.44. The van der Waals surface area contributed by atoms with Crippen LogP contribution in [0.5, 0.6) is 0 Å². The van der Waals surface area contributed by atoms with Crippen LogP contribution in [0, 0.1) is 6.92 Å². The summed E-state index contributed by atoms with van der Waals surface area (Å²) in [6.45, 7) is 8.78. The van der Waals surface area contributed by atoms with Crippen molar-refractivity contribution in [1.82, 2.24) is 14.5 Å². The minimum absolute atomic E-state index is 0.0349. The van der Waals surface area contributed by atoms with Gasteiger partial charge in [0.2, 0.25) is 5.91 Å². The Hall–Kier alpha value is -3.00. The second-order valence-corrected chi connectivity index (χ2v) is 10.5. The predicted molar refractivity (Wildman–Crippen MR) is 137 cm³/mol. The summed E-state index contributed by atoms with van der Waals surface area (Å²) in [5.41, 5.74) is 2.33. The second-order valence-electron chi connectivity index (χ2n) is 9.46. The van der Waals surface area contributed by atoms with Gasteiger partial charge in [-0.15, -0.1) is 11.3 Å². The Kier molecular flexibility index (Phi) is 6.89. The number of fused-ring (bicyclic) bond motifs is 1. The van der Waals surface area contributed by atoms with Gasteiger partial charge in [-0.1, -0.05) is 26.0 Å². The minimum atomic E-state index is -0.278. The summed E-state index contributed by atoms with van der Waals surface area (Å²) >= 11 is 1.22. The van der Waals surface area contributed by atoms with Gasteiger partial charge in [0.05, 0.1) is 16.6 Å². The summed E-state index contributed by atoms with van der Waals surface area (Å²) in [4.78, 5) is 48.3. The Labute approximate surface area is 204 Å². The average molecular weight is 481 g/mol. The molecule has 1 atom stereocenters. The van der Waals surface area contributed by atoms with E-state index in [4.69, 9.17) is 0 Å². The molecule has 4 rings (SSSR count). The summed E-state index contributed by atoms with van der Waals surface area (Å²) < 4.78 is 1.37. The van der Waals surface area contributed by atoms with Gasteiger partial charge in [-0.2, -0.15) is 0 Å². The molecule has 34 heavy (non-hydrogen) atoms. The molecule has 0 aliphatic carbocycles. The SMILES string of the molecule is Cc1c(C(=O)N(C)c2ccc(C(C)C)cc2)sc2ncn(CC(=O)N3CCCCC3C)c(=O)c12. The third-order valence-electron chi connectivity index (χ3n) is 6.79. The minimum Gasteiger partial charge on any atom is -0.338 e. The number of piperidine rings is 1. The third-order valence-corrected chi connectivity index (χ3v) is 7.98. The molecule has 8 heteroatoms. The first-order valence-corrected chi connectivity index (χ1v) is 12.7. The van der Waals surface area contributed by atoms with E-state index in [9.17, 15) is 14.4 Å². The van der Waals surface area contributed by atoms with E-state index >= 15 is 0 Å².